The molecule has 0 radical (unpaired) electrons. The molecule has 1 aromatic rings. The Morgan fingerprint density at radius 2 is 1.79 bits per heavy atom. The van der Waals surface area contributed by atoms with E-state index >= 15 is 0 Å². The van der Waals surface area contributed by atoms with Crippen LogP contribution in [0.2, 0.25) is 0 Å². The van der Waals surface area contributed by atoms with E-state index in [1.165, 1.54) is 6.07 Å². The Morgan fingerprint density at radius 3 is 2.21 bits per heavy atom. The monoisotopic (exact) mass is 208 g/mol. The van der Waals surface area contributed by atoms with Gasteiger partial charge in [-0.25, -0.2) is 4.39 Å². The molecule has 0 unspecified atom stereocenters. The second kappa shape index (κ2) is 3.45. The van der Waals surface area contributed by atoms with Crippen molar-refractivity contribution in [2.45, 2.75) is 12.2 Å². The van der Waals surface area contributed by atoms with Crippen molar-refractivity contribution >= 4 is 5.69 Å². The molecular formula is C8H8F4N2. The number of rotatable bonds is 1. The number of anilines is 1. The maximum Gasteiger partial charge on any atom is 0.407 e. The lowest BCUT2D eigenvalue weighted by Gasteiger charge is -2.16. The summed E-state index contributed by atoms with van der Waals surface area (Å²) in [6.07, 6.45) is -4.66. The molecule has 1 rings (SSSR count). The third-order valence-electron chi connectivity index (χ3n) is 1.71. The van der Waals surface area contributed by atoms with E-state index in [-0.39, 0.29) is 5.69 Å². The molecule has 0 amide bonds. The lowest BCUT2D eigenvalue weighted by molar-refractivity contribution is -0.149. The summed E-state index contributed by atoms with van der Waals surface area (Å²) >= 11 is 0. The van der Waals surface area contributed by atoms with Gasteiger partial charge in [-0.05, 0) is 12.1 Å². The Bertz CT molecular complexity index is 335. The molecule has 4 N–H and O–H groups in total. The van der Waals surface area contributed by atoms with Crippen molar-refractivity contribution in [3.8, 4) is 0 Å². The van der Waals surface area contributed by atoms with Crippen molar-refractivity contribution in [2.75, 3.05) is 5.73 Å². The van der Waals surface area contributed by atoms with Crippen LogP contribution in [0.15, 0.2) is 18.2 Å². The Labute approximate surface area is 77.5 Å². The Kier molecular flexibility index (Phi) is 2.66. The Morgan fingerprint density at radius 1 is 1.21 bits per heavy atom. The number of nitrogen functional groups attached to an aromatic ring is 1. The molecule has 0 aliphatic rings. The predicted molar refractivity (Wildman–Crippen MR) is 43.8 cm³/mol. The maximum atomic E-state index is 13.0. The van der Waals surface area contributed by atoms with Gasteiger partial charge in [-0.15, -0.1) is 0 Å². The van der Waals surface area contributed by atoms with Crippen LogP contribution in [0.4, 0.5) is 23.2 Å². The van der Waals surface area contributed by atoms with Crippen molar-refractivity contribution in [1.29, 1.82) is 0 Å². The van der Waals surface area contributed by atoms with E-state index in [1.54, 1.807) is 0 Å². The van der Waals surface area contributed by atoms with Gasteiger partial charge in [0.1, 0.15) is 11.9 Å². The average molecular weight is 208 g/mol. The van der Waals surface area contributed by atoms with E-state index in [2.05, 4.69) is 0 Å². The average Bonchev–Trinajstić information content (AvgIpc) is 2.01. The van der Waals surface area contributed by atoms with Crippen LogP contribution in [0.25, 0.3) is 0 Å². The minimum atomic E-state index is -4.66. The lowest BCUT2D eigenvalue weighted by atomic mass is 10.1. The Hall–Kier alpha value is -1.30. The molecule has 2 nitrogen and oxygen atoms in total. The van der Waals surface area contributed by atoms with Crippen LogP contribution < -0.4 is 11.5 Å². The highest BCUT2D eigenvalue weighted by atomic mass is 19.4. The molecular weight excluding hydrogens is 200 g/mol. The second-order valence-electron chi connectivity index (χ2n) is 2.80. The van der Waals surface area contributed by atoms with Crippen molar-refractivity contribution in [3.05, 3.63) is 29.6 Å². The zero-order valence-electron chi connectivity index (χ0n) is 6.98. The summed E-state index contributed by atoms with van der Waals surface area (Å²) in [5.41, 5.74) is 9.44. The Balaban J connectivity index is 3.08. The fourth-order valence-corrected chi connectivity index (χ4v) is 0.972. The van der Waals surface area contributed by atoms with Gasteiger partial charge < -0.3 is 11.5 Å². The fourth-order valence-electron chi connectivity index (χ4n) is 0.972. The molecule has 0 saturated carbocycles. The summed E-state index contributed by atoms with van der Waals surface area (Å²) in [5.74, 6) is -1.05. The van der Waals surface area contributed by atoms with Crippen molar-refractivity contribution < 1.29 is 17.6 Å². The van der Waals surface area contributed by atoms with Crippen LogP contribution in [0.5, 0.6) is 0 Å². The molecule has 0 saturated heterocycles. The molecule has 0 aliphatic carbocycles. The molecule has 0 bridgehead atoms. The first-order valence-corrected chi connectivity index (χ1v) is 3.69. The predicted octanol–water partition coefficient (Wildman–Crippen LogP) is 1.97. The van der Waals surface area contributed by atoms with Crippen molar-refractivity contribution in [2.24, 2.45) is 5.73 Å². The zero-order chi connectivity index (χ0) is 10.9. The van der Waals surface area contributed by atoms with Gasteiger partial charge in [0.25, 0.3) is 0 Å². The van der Waals surface area contributed by atoms with Gasteiger partial charge in [-0.3, -0.25) is 0 Å². The fraction of sp³-hybridized carbons (Fsp3) is 0.250. The normalized spacial score (nSPS) is 14.1. The first kappa shape index (κ1) is 10.8. The van der Waals surface area contributed by atoms with Crippen LogP contribution in [-0.4, -0.2) is 6.18 Å². The highest BCUT2D eigenvalue weighted by Gasteiger charge is 2.39. The minimum absolute atomic E-state index is 0.0561. The zero-order valence-corrected chi connectivity index (χ0v) is 6.98. The summed E-state index contributed by atoms with van der Waals surface area (Å²) in [4.78, 5) is 0. The van der Waals surface area contributed by atoms with Crippen molar-refractivity contribution in [1.82, 2.24) is 0 Å². The van der Waals surface area contributed by atoms with E-state index in [9.17, 15) is 17.6 Å². The van der Waals surface area contributed by atoms with Crippen LogP contribution in [0, 0.1) is 5.82 Å². The van der Waals surface area contributed by atoms with Gasteiger partial charge in [0.2, 0.25) is 0 Å². The molecule has 0 spiro atoms. The third kappa shape index (κ3) is 2.14. The minimum Gasteiger partial charge on any atom is -0.399 e. The quantitative estimate of drug-likeness (QED) is 0.547. The van der Waals surface area contributed by atoms with E-state index in [0.717, 1.165) is 12.1 Å². The molecule has 0 aromatic heterocycles. The molecule has 0 heterocycles. The van der Waals surface area contributed by atoms with Gasteiger partial charge in [0.15, 0.2) is 0 Å². The first-order chi connectivity index (χ1) is 6.32. The van der Waals surface area contributed by atoms with E-state index < -0.39 is 23.6 Å². The summed E-state index contributed by atoms with van der Waals surface area (Å²) < 4.78 is 49.2. The number of benzene rings is 1. The standard InChI is InChI=1S/C8H8F4N2/c9-6-3-4(13)1-2-5(6)7(14)8(10,11)12/h1-3,7H,13-14H2/t7-/m1/s1. The topological polar surface area (TPSA) is 52.0 Å². The number of nitrogens with two attached hydrogens (primary N) is 2. The van der Waals surface area contributed by atoms with Crippen LogP contribution >= 0.6 is 0 Å². The highest BCUT2D eigenvalue weighted by Crippen LogP contribution is 2.32. The number of hydrogen-bond acceptors (Lipinski definition) is 2. The van der Waals surface area contributed by atoms with Crippen LogP contribution in [0.3, 0.4) is 0 Å². The number of alkyl halides is 3. The third-order valence-corrected chi connectivity index (χ3v) is 1.71. The smallest absolute Gasteiger partial charge is 0.399 e. The van der Waals surface area contributed by atoms with Gasteiger partial charge >= 0.3 is 6.18 Å². The van der Waals surface area contributed by atoms with Gasteiger partial charge in [-0.2, -0.15) is 13.2 Å². The molecule has 6 heteroatoms. The SMILES string of the molecule is Nc1ccc([C@@H](N)C(F)(F)F)c(F)c1. The second-order valence-corrected chi connectivity index (χ2v) is 2.80. The maximum absolute atomic E-state index is 13.0. The van der Waals surface area contributed by atoms with Gasteiger partial charge in [0.05, 0.1) is 0 Å². The highest BCUT2D eigenvalue weighted by molar-refractivity contribution is 5.41. The number of halogens is 4. The van der Waals surface area contributed by atoms with Gasteiger partial charge in [0, 0.05) is 11.3 Å². The summed E-state index contributed by atoms with van der Waals surface area (Å²) in [7, 11) is 0. The van der Waals surface area contributed by atoms with E-state index in [1.807, 2.05) is 0 Å². The first-order valence-electron chi connectivity index (χ1n) is 3.69. The summed E-state index contributed by atoms with van der Waals surface area (Å²) in [5, 5.41) is 0. The van der Waals surface area contributed by atoms with E-state index in [4.69, 9.17) is 11.5 Å². The molecule has 1 atom stereocenters. The van der Waals surface area contributed by atoms with Gasteiger partial charge in [-0.1, -0.05) is 6.07 Å². The lowest BCUT2D eigenvalue weighted by Crippen LogP contribution is -2.29. The largest absolute Gasteiger partial charge is 0.407 e. The molecule has 0 aliphatic heterocycles. The molecule has 1 aromatic carbocycles. The molecule has 0 fully saturated rings. The van der Waals surface area contributed by atoms with Crippen LogP contribution in [-0.2, 0) is 0 Å². The van der Waals surface area contributed by atoms with Crippen molar-refractivity contribution in [3.63, 3.8) is 0 Å². The summed E-state index contributed by atoms with van der Waals surface area (Å²) in [6.45, 7) is 0. The molecule has 78 valence electrons. The summed E-state index contributed by atoms with van der Waals surface area (Å²) in [6, 6.07) is 0.594. The van der Waals surface area contributed by atoms with E-state index in [0.29, 0.717) is 0 Å². The number of hydrogen-bond donors (Lipinski definition) is 2. The molecule has 14 heavy (non-hydrogen) atoms. The van der Waals surface area contributed by atoms with Crippen LogP contribution in [0.1, 0.15) is 11.6 Å².